The molecule has 3 nitrogen and oxygen atoms in total. The predicted molar refractivity (Wildman–Crippen MR) is 159 cm³/mol. The Kier molecular flexibility index (Phi) is 8.38. The molecule has 0 aliphatic heterocycles. The summed E-state index contributed by atoms with van der Waals surface area (Å²) in [5, 5.41) is 0. The molecule has 0 atom stereocenters. The van der Waals surface area contributed by atoms with Gasteiger partial charge in [0.1, 0.15) is 24.7 Å². The summed E-state index contributed by atoms with van der Waals surface area (Å²) >= 11 is 0. The maximum Gasteiger partial charge on any atom is 0.185 e. The normalized spacial score (nSPS) is 15.5. The van der Waals surface area contributed by atoms with E-state index in [9.17, 15) is 4.79 Å². The monoisotopic (exact) mass is 514 g/mol. The summed E-state index contributed by atoms with van der Waals surface area (Å²) < 4.78 is 12.4. The minimum atomic E-state index is 0.104. The van der Waals surface area contributed by atoms with Crippen LogP contribution in [-0.4, -0.2) is 5.78 Å². The lowest BCUT2D eigenvalue weighted by molar-refractivity contribution is -0.112. The summed E-state index contributed by atoms with van der Waals surface area (Å²) in [6, 6.07) is 32.5. The van der Waals surface area contributed by atoms with Gasteiger partial charge in [-0.25, -0.2) is 0 Å². The summed E-state index contributed by atoms with van der Waals surface area (Å²) in [6.07, 6.45) is 6.49. The second-order valence-electron chi connectivity index (χ2n) is 10.2. The molecule has 1 fully saturated rings. The minimum Gasteiger partial charge on any atom is -0.488 e. The highest BCUT2D eigenvalue weighted by molar-refractivity contribution is 6.14. The van der Waals surface area contributed by atoms with Crippen LogP contribution in [0.4, 0.5) is 0 Å². The molecule has 1 saturated carbocycles. The van der Waals surface area contributed by atoms with Gasteiger partial charge in [-0.05, 0) is 80.7 Å². The third-order valence-electron chi connectivity index (χ3n) is 6.94. The molecule has 0 aromatic heterocycles. The van der Waals surface area contributed by atoms with E-state index in [0.717, 1.165) is 75.3 Å². The molecule has 5 rings (SSSR count). The van der Waals surface area contributed by atoms with Crippen molar-refractivity contribution in [2.75, 3.05) is 0 Å². The number of rotatable bonds is 8. The molecule has 0 radical (unpaired) electrons. The van der Waals surface area contributed by atoms with Crippen molar-refractivity contribution in [3.05, 3.63) is 142 Å². The molecule has 0 spiro atoms. The van der Waals surface area contributed by atoms with Gasteiger partial charge < -0.3 is 9.47 Å². The number of hydrogen-bond donors (Lipinski definition) is 0. The van der Waals surface area contributed by atoms with E-state index in [1.54, 1.807) is 0 Å². The molecule has 4 aromatic rings. The smallest absolute Gasteiger partial charge is 0.185 e. The van der Waals surface area contributed by atoms with Crippen molar-refractivity contribution in [3.8, 4) is 11.5 Å². The second kappa shape index (κ2) is 12.4. The van der Waals surface area contributed by atoms with Gasteiger partial charge in [-0.15, -0.1) is 0 Å². The van der Waals surface area contributed by atoms with Gasteiger partial charge in [0.2, 0.25) is 0 Å². The summed E-state index contributed by atoms with van der Waals surface area (Å²) in [5.41, 5.74) is 8.01. The van der Waals surface area contributed by atoms with Crippen LogP contribution in [0.15, 0.2) is 108 Å². The predicted octanol–water partition coefficient (Wildman–Crippen LogP) is 8.68. The van der Waals surface area contributed by atoms with Gasteiger partial charge in [-0.2, -0.15) is 0 Å². The molecule has 0 heterocycles. The first-order chi connectivity index (χ1) is 19.0. The largest absolute Gasteiger partial charge is 0.488 e. The van der Waals surface area contributed by atoms with Crippen molar-refractivity contribution in [1.29, 1.82) is 0 Å². The molecule has 196 valence electrons. The first-order valence-electron chi connectivity index (χ1n) is 13.6. The van der Waals surface area contributed by atoms with E-state index in [1.165, 1.54) is 0 Å². The molecule has 0 saturated heterocycles. The van der Waals surface area contributed by atoms with Gasteiger partial charge in [0.15, 0.2) is 5.78 Å². The molecule has 1 aliphatic rings. The first-order valence-corrected chi connectivity index (χ1v) is 13.6. The van der Waals surface area contributed by atoms with Crippen LogP contribution in [0.2, 0.25) is 0 Å². The Morgan fingerprint density at radius 1 is 0.615 bits per heavy atom. The van der Waals surface area contributed by atoms with E-state index >= 15 is 0 Å². The van der Waals surface area contributed by atoms with Crippen LogP contribution in [0.1, 0.15) is 52.6 Å². The molecule has 3 heteroatoms. The Balaban J connectivity index is 1.39. The van der Waals surface area contributed by atoms with Crippen molar-refractivity contribution in [2.45, 2.75) is 46.3 Å². The molecular weight excluding hydrogens is 480 g/mol. The van der Waals surface area contributed by atoms with Gasteiger partial charge in [-0.1, -0.05) is 83.9 Å². The van der Waals surface area contributed by atoms with Crippen LogP contribution in [0, 0.1) is 13.8 Å². The number of carbonyl (C=O) groups is 1. The maximum absolute atomic E-state index is 13.7. The average Bonchev–Trinajstić information content (AvgIpc) is 2.95. The van der Waals surface area contributed by atoms with Crippen LogP contribution < -0.4 is 9.47 Å². The van der Waals surface area contributed by atoms with Gasteiger partial charge >= 0.3 is 0 Å². The Hall–Kier alpha value is -4.37. The summed E-state index contributed by atoms with van der Waals surface area (Å²) in [5.74, 6) is 1.68. The van der Waals surface area contributed by atoms with Crippen molar-refractivity contribution >= 4 is 17.9 Å². The molecule has 0 unspecified atom stereocenters. The molecule has 1 aliphatic carbocycles. The average molecular weight is 515 g/mol. The standard InChI is InChI=1S/C36H34O3/c1-26-16-18-34(38-24-28-10-5-3-6-11-28)32(20-26)22-30-14-9-15-31(36(30)37)23-33-21-27(2)17-19-35(33)39-25-29-12-7-4-8-13-29/h3-8,10-13,16-23H,9,14-15,24-25H2,1-2H3/b30-22+,31-23+. The van der Waals surface area contributed by atoms with Crippen molar-refractivity contribution in [2.24, 2.45) is 0 Å². The number of allylic oxidation sites excluding steroid dienone is 2. The quantitative estimate of drug-likeness (QED) is 0.221. The summed E-state index contributed by atoms with van der Waals surface area (Å²) in [4.78, 5) is 13.7. The van der Waals surface area contributed by atoms with E-state index in [4.69, 9.17) is 9.47 Å². The zero-order valence-corrected chi connectivity index (χ0v) is 22.7. The van der Waals surface area contributed by atoms with Gasteiger partial charge in [0, 0.05) is 22.3 Å². The molecule has 39 heavy (non-hydrogen) atoms. The van der Waals surface area contributed by atoms with Crippen LogP contribution in [0.3, 0.4) is 0 Å². The van der Waals surface area contributed by atoms with E-state index in [-0.39, 0.29) is 5.78 Å². The number of ether oxygens (including phenoxy) is 2. The minimum absolute atomic E-state index is 0.104. The van der Waals surface area contributed by atoms with Crippen molar-refractivity contribution in [1.82, 2.24) is 0 Å². The number of aryl methyl sites for hydroxylation is 2. The molecule has 0 bridgehead atoms. The van der Waals surface area contributed by atoms with Gasteiger partial charge in [-0.3, -0.25) is 4.79 Å². The second-order valence-corrected chi connectivity index (χ2v) is 10.2. The Labute approximate surface area is 231 Å². The fourth-order valence-electron chi connectivity index (χ4n) is 4.85. The van der Waals surface area contributed by atoms with Crippen LogP contribution in [0.5, 0.6) is 11.5 Å². The number of carbonyl (C=O) groups excluding carboxylic acids is 1. The Bertz CT molecular complexity index is 1380. The summed E-state index contributed by atoms with van der Waals surface area (Å²) in [7, 11) is 0. The van der Waals surface area contributed by atoms with Gasteiger partial charge in [0.25, 0.3) is 0 Å². The fraction of sp³-hybridized carbons (Fsp3) is 0.194. The molecular formula is C36H34O3. The number of ketones is 1. The third-order valence-corrected chi connectivity index (χ3v) is 6.94. The van der Waals surface area contributed by atoms with Crippen molar-refractivity contribution in [3.63, 3.8) is 0 Å². The first kappa shape index (κ1) is 26.2. The maximum atomic E-state index is 13.7. The number of hydrogen-bond acceptors (Lipinski definition) is 3. The topological polar surface area (TPSA) is 35.5 Å². The highest BCUT2D eigenvalue weighted by Crippen LogP contribution is 2.33. The highest BCUT2D eigenvalue weighted by atomic mass is 16.5. The highest BCUT2D eigenvalue weighted by Gasteiger charge is 2.22. The van der Waals surface area contributed by atoms with Crippen LogP contribution in [0.25, 0.3) is 12.2 Å². The Morgan fingerprint density at radius 2 is 1.05 bits per heavy atom. The van der Waals surface area contributed by atoms with E-state index in [2.05, 4.69) is 50.2 Å². The van der Waals surface area contributed by atoms with E-state index in [0.29, 0.717) is 13.2 Å². The molecule has 0 N–H and O–H groups in total. The lowest BCUT2D eigenvalue weighted by Crippen LogP contribution is -2.12. The molecule has 4 aromatic carbocycles. The van der Waals surface area contributed by atoms with Crippen LogP contribution >= 0.6 is 0 Å². The van der Waals surface area contributed by atoms with Crippen molar-refractivity contribution < 1.29 is 14.3 Å². The van der Waals surface area contributed by atoms with Gasteiger partial charge in [0.05, 0.1) is 0 Å². The fourth-order valence-corrected chi connectivity index (χ4v) is 4.85. The Morgan fingerprint density at radius 3 is 1.49 bits per heavy atom. The summed E-state index contributed by atoms with van der Waals surface area (Å²) in [6.45, 7) is 5.09. The lowest BCUT2D eigenvalue weighted by atomic mass is 9.86. The zero-order valence-electron chi connectivity index (χ0n) is 22.7. The number of benzene rings is 4. The molecule has 0 amide bonds. The number of Topliss-reactive ketones (excluding diaryl/α,β-unsaturated/α-hetero) is 1. The van der Waals surface area contributed by atoms with Crippen LogP contribution in [-0.2, 0) is 18.0 Å². The zero-order chi connectivity index (χ0) is 27.0. The van der Waals surface area contributed by atoms with E-state index in [1.807, 2.05) is 72.8 Å². The van der Waals surface area contributed by atoms with E-state index < -0.39 is 0 Å². The third kappa shape index (κ3) is 6.94. The lowest BCUT2D eigenvalue weighted by Gasteiger charge is -2.18. The SMILES string of the molecule is Cc1ccc(OCc2ccccc2)c(/C=C2\CCC/C(=C\c3cc(C)ccc3OCc3ccccc3)C2=O)c1.